The fourth-order valence-corrected chi connectivity index (χ4v) is 4.21. The third kappa shape index (κ3) is 5.05. The number of sulfonamides is 1. The normalized spacial score (nSPS) is 16.5. The van der Waals surface area contributed by atoms with Gasteiger partial charge in [-0.1, -0.05) is 45.7 Å². The molecular weight excluding hydrogens is 324 g/mol. The minimum Gasteiger partial charge on any atom is -0.325 e. The van der Waals surface area contributed by atoms with Crippen molar-refractivity contribution in [2.45, 2.75) is 57.9 Å². The number of rotatable bonds is 5. The molecule has 24 heavy (non-hydrogen) atoms. The molecule has 1 aliphatic rings. The molecule has 0 atom stereocenters. The lowest BCUT2D eigenvalue weighted by molar-refractivity contribution is -0.116. The van der Waals surface area contributed by atoms with Crippen molar-refractivity contribution in [1.29, 1.82) is 0 Å². The summed E-state index contributed by atoms with van der Waals surface area (Å²) in [7, 11) is -3.39. The predicted molar refractivity (Wildman–Crippen MR) is 97.6 cm³/mol. The van der Waals surface area contributed by atoms with E-state index in [1.807, 2.05) is 24.3 Å². The summed E-state index contributed by atoms with van der Waals surface area (Å²) in [6, 6.07) is 7.65. The van der Waals surface area contributed by atoms with Gasteiger partial charge in [-0.25, -0.2) is 8.42 Å². The van der Waals surface area contributed by atoms with Gasteiger partial charge in [-0.05, 0) is 36.0 Å². The molecule has 0 spiro atoms. The maximum Gasteiger partial charge on any atom is 0.239 e. The van der Waals surface area contributed by atoms with E-state index in [2.05, 4.69) is 26.1 Å². The second-order valence-corrected chi connectivity index (χ2v) is 9.56. The molecule has 2 rings (SSSR count). The Morgan fingerprint density at radius 1 is 1.17 bits per heavy atom. The standard InChI is InChI=1S/C18H28N2O3S/c1-18(2,3)14-9-11-15(12-10-14)19-17(21)13-20(24(4,22)23)16-7-5-6-8-16/h9-12,16H,5-8,13H2,1-4H3,(H,19,21). The summed E-state index contributed by atoms with van der Waals surface area (Å²) < 4.78 is 25.4. The fraction of sp³-hybridized carbons (Fsp3) is 0.611. The van der Waals surface area contributed by atoms with Gasteiger partial charge in [0, 0.05) is 11.7 Å². The van der Waals surface area contributed by atoms with Crippen LogP contribution in [0.5, 0.6) is 0 Å². The molecule has 1 aromatic carbocycles. The quantitative estimate of drug-likeness (QED) is 0.885. The van der Waals surface area contributed by atoms with Gasteiger partial charge >= 0.3 is 0 Å². The summed E-state index contributed by atoms with van der Waals surface area (Å²) in [4.78, 5) is 12.3. The van der Waals surface area contributed by atoms with E-state index in [1.54, 1.807) is 0 Å². The third-order valence-electron chi connectivity index (χ3n) is 4.49. The topological polar surface area (TPSA) is 66.5 Å². The van der Waals surface area contributed by atoms with Gasteiger partial charge in [-0.15, -0.1) is 0 Å². The van der Waals surface area contributed by atoms with Crippen molar-refractivity contribution in [3.8, 4) is 0 Å². The molecule has 1 aliphatic carbocycles. The highest BCUT2D eigenvalue weighted by molar-refractivity contribution is 7.88. The number of nitrogens with zero attached hydrogens (tertiary/aromatic N) is 1. The van der Waals surface area contributed by atoms with Crippen molar-refractivity contribution in [3.63, 3.8) is 0 Å². The molecule has 1 saturated carbocycles. The van der Waals surface area contributed by atoms with Gasteiger partial charge in [-0.2, -0.15) is 4.31 Å². The first-order valence-corrected chi connectivity index (χ1v) is 10.3. The number of carbonyl (C=O) groups is 1. The minimum absolute atomic E-state index is 0.0472. The molecule has 1 aromatic rings. The summed E-state index contributed by atoms with van der Waals surface area (Å²) >= 11 is 0. The Hall–Kier alpha value is -1.40. The first-order chi connectivity index (χ1) is 11.1. The van der Waals surface area contributed by atoms with Crippen molar-refractivity contribution in [2.75, 3.05) is 18.1 Å². The molecule has 5 nitrogen and oxygen atoms in total. The zero-order valence-electron chi connectivity index (χ0n) is 15.0. The molecule has 1 amide bonds. The minimum atomic E-state index is -3.39. The number of benzene rings is 1. The smallest absolute Gasteiger partial charge is 0.239 e. The number of nitrogens with one attached hydrogen (secondary N) is 1. The maximum atomic E-state index is 12.3. The number of hydrogen-bond donors (Lipinski definition) is 1. The van der Waals surface area contributed by atoms with Crippen LogP contribution in [-0.2, 0) is 20.2 Å². The first kappa shape index (κ1) is 18.9. The van der Waals surface area contributed by atoms with Crippen LogP contribution in [0.3, 0.4) is 0 Å². The Kier molecular flexibility index (Phi) is 5.71. The van der Waals surface area contributed by atoms with Gasteiger partial charge in [0.1, 0.15) is 0 Å². The highest BCUT2D eigenvalue weighted by Gasteiger charge is 2.30. The number of anilines is 1. The molecule has 0 bridgehead atoms. The second kappa shape index (κ2) is 7.23. The highest BCUT2D eigenvalue weighted by atomic mass is 32.2. The van der Waals surface area contributed by atoms with Crippen molar-refractivity contribution < 1.29 is 13.2 Å². The molecule has 1 fully saturated rings. The van der Waals surface area contributed by atoms with E-state index in [0.717, 1.165) is 25.7 Å². The van der Waals surface area contributed by atoms with Gasteiger partial charge in [0.2, 0.25) is 15.9 Å². The van der Waals surface area contributed by atoms with Gasteiger partial charge in [0.05, 0.1) is 12.8 Å². The Morgan fingerprint density at radius 2 is 1.71 bits per heavy atom. The van der Waals surface area contributed by atoms with E-state index in [9.17, 15) is 13.2 Å². The maximum absolute atomic E-state index is 12.3. The van der Waals surface area contributed by atoms with Crippen LogP contribution in [0.4, 0.5) is 5.69 Å². The molecule has 0 unspecified atom stereocenters. The number of carbonyl (C=O) groups excluding carboxylic acids is 1. The van der Waals surface area contributed by atoms with Crippen LogP contribution in [0, 0.1) is 0 Å². The average Bonchev–Trinajstić information content (AvgIpc) is 2.97. The summed E-state index contributed by atoms with van der Waals surface area (Å²) in [6.45, 7) is 6.27. The van der Waals surface area contributed by atoms with Crippen molar-refractivity contribution in [3.05, 3.63) is 29.8 Å². The number of hydrogen-bond acceptors (Lipinski definition) is 3. The lowest BCUT2D eigenvalue weighted by Crippen LogP contribution is -2.43. The Labute approximate surface area is 145 Å². The molecule has 0 aliphatic heterocycles. The largest absolute Gasteiger partial charge is 0.325 e. The predicted octanol–water partition coefficient (Wildman–Crippen LogP) is 3.13. The van der Waals surface area contributed by atoms with E-state index in [0.29, 0.717) is 5.69 Å². The summed E-state index contributed by atoms with van der Waals surface area (Å²) in [6.07, 6.45) is 4.89. The van der Waals surface area contributed by atoms with Gasteiger partial charge in [0.15, 0.2) is 0 Å². The molecular formula is C18H28N2O3S. The van der Waals surface area contributed by atoms with Crippen LogP contribution in [0.1, 0.15) is 52.0 Å². The third-order valence-corrected chi connectivity index (χ3v) is 5.77. The van der Waals surface area contributed by atoms with Gasteiger partial charge in [-0.3, -0.25) is 4.79 Å². The molecule has 0 aromatic heterocycles. The number of amides is 1. The zero-order valence-corrected chi connectivity index (χ0v) is 15.8. The van der Waals surface area contributed by atoms with E-state index in [4.69, 9.17) is 0 Å². The zero-order chi connectivity index (χ0) is 18.0. The SMILES string of the molecule is CC(C)(C)c1ccc(NC(=O)CN(C2CCCC2)S(C)(=O)=O)cc1. The van der Waals surface area contributed by atoms with Crippen molar-refractivity contribution in [2.24, 2.45) is 0 Å². The van der Waals surface area contributed by atoms with Gasteiger partial charge in [0.25, 0.3) is 0 Å². The van der Waals surface area contributed by atoms with E-state index >= 15 is 0 Å². The molecule has 0 heterocycles. The van der Waals surface area contributed by atoms with E-state index in [1.165, 1.54) is 16.1 Å². The molecule has 0 saturated heterocycles. The van der Waals surface area contributed by atoms with Crippen LogP contribution in [0.25, 0.3) is 0 Å². The van der Waals surface area contributed by atoms with E-state index in [-0.39, 0.29) is 23.9 Å². The van der Waals surface area contributed by atoms with Crippen LogP contribution in [-0.4, -0.2) is 37.5 Å². The lowest BCUT2D eigenvalue weighted by atomic mass is 9.87. The van der Waals surface area contributed by atoms with Crippen LogP contribution in [0.15, 0.2) is 24.3 Å². The van der Waals surface area contributed by atoms with Crippen LogP contribution < -0.4 is 5.32 Å². The lowest BCUT2D eigenvalue weighted by Gasteiger charge is -2.25. The van der Waals surface area contributed by atoms with Gasteiger partial charge < -0.3 is 5.32 Å². The van der Waals surface area contributed by atoms with Crippen molar-refractivity contribution in [1.82, 2.24) is 4.31 Å². The first-order valence-electron chi connectivity index (χ1n) is 8.44. The van der Waals surface area contributed by atoms with E-state index < -0.39 is 10.0 Å². The fourth-order valence-electron chi connectivity index (χ4n) is 3.11. The summed E-state index contributed by atoms with van der Waals surface area (Å²) in [5.74, 6) is -0.296. The average molecular weight is 352 g/mol. The Balaban J connectivity index is 2.03. The summed E-state index contributed by atoms with van der Waals surface area (Å²) in [5.41, 5.74) is 1.93. The van der Waals surface area contributed by atoms with Crippen molar-refractivity contribution >= 4 is 21.6 Å². The molecule has 0 radical (unpaired) electrons. The molecule has 134 valence electrons. The summed E-state index contributed by atoms with van der Waals surface area (Å²) in [5, 5.41) is 2.80. The molecule has 6 heteroatoms. The second-order valence-electron chi connectivity index (χ2n) is 7.62. The monoisotopic (exact) mass is 352 g/mol. The van der Waals surface area contributed by atoms with Crippen LogP contribution in [0.2, 0.25) is 0 Å². The highest BCUT2D eigenvalue weighted by Crippen LogP contribution is 2.26. The Bertz CT molecular complexity index is 669. The molecule has 1 N–H and O–H groups in total. The Morgan fingerprint density at radius 3 is 2.17 bits per heavy atom. The van der Waals surface area contributed by atoms with Crippen LogP contribution >= 0.6 is 0 Å².